The molecular formula is C23H30N6O8S3. The standard InChI is InChI=1S/C17H20N2O5S.C6H10N4O3S2/c1-2-3-9-19-14-10-12(17(20)21)11-15(25(18,22)23)16(14)24-13-7-5-4-6-8-13;1-2-3-4(11)8-5-9-10-6(14-5)15(7,12)13/h4-8,10-11,19H,2-3,9H2,1H3,(H,20,21)(H2,18,22,23);2-3H2,1H3,(H2,7,12,13)(H,8,9,11). The van der Waals surface area contributed by atoms with E-state index in [0.29, 0.717) is 25.1 Å². The number of hydrogen-bond acceptors (Lipinski definition) is 11. The zero-order chi connectivity index (χ0) is 29.9. The second kappa shape index (κ2) is 14.7. The molecule has 0 atom stereocenters. The number of para-hydroxylation sites is 1. The van der Waals surface area contributed by atoms with Crippen LogP contribution in [-0.4, -0.2) is 50.6 Å². The molecule has 0 aliphatic heterocycles. The van der Waals surface area contributed by atoms with Gasteiger partial charge in [-0.15, -0.1) is 10.2 Å². The molecule has 2 aromatic carbocycles. The van der Waals surface area contributed by atoms with Gasteiger partial charge in [0.15, 0.2) is 5.75 Å². The first-order valence-corrected chi connectivity index (χ1v) is 15.7. The van der Waals surface area contributed by atoms with Gasteiger partial charge in [-0.05, 0) is 37.1 Å². The quantitative estimate of drug-likeness (QED) is 0.147. The van der Waals surface area contributed by atoms with Crippen LogP contribution in [0.5, 0.6) is 11.5 Å². The van der Waals surface area contributed by atoms with Crippen molar-refractivity contribution in [3.8, 4) is 11.5 Å². The first kappa shape index (κ1) is 32.6. The first-order valence-electron chi connectivity index (χ1n) is 11.8. The van der Waals surface area contributed by atoms with Crippen LogP contribution in [0.1, 0.15) is 49.9 Å². The van der Waals surface area contributed by atoms with E-state index in [0.717, 1.165) is 30.2 Å². The van der Waals surface area contributed by atoms with Crippen LogP contribution in [0.3, 0.4) is 0 Å². The average Bonchev–Trinajstić information content (AvgIpc) is 3.34. The lowest BCUT2D eigenvalue weighted by atomic mass is 10.1. The number of rotatable bonds is 12. The van der Waals surface area contributed by atoms with Gasteiger partial charge in [-0.2, -0.15) is 0 Å². The number of unbranched alkanes of at least 4 members (excludes halogenated alkanes) is 1. The van der Waals surface area contributed by atoms with E-state index in [1.165, 1.54) is 6.07 Å². The highest BCUT2D eigenvalue weighted by atomic mass is 32.2. The predicted octanol–water partition coefficient (Wildman–Crippen LogP) is 2.96. The molecule has 0 spiro atoms. The Morgan fingerprint density at radius 3 is 2.20 bits per heavy atom. The maximum Gasteiger partial charge on any atom is 0.335 e. The molecule has 0 aliphatic carbocycles. The largest absolute Gasteiger partial charge is 0.478 e. The fourth-order valence-corrected chi connectivity index (χ4v) is 5.01. The highest BCUT2D eigenvalue weighted by molar-refractivity contribution is 7.91. The third kappa shape index (κ3) is 10.2. The molecule has 218 valence electrons. The number of anilines is 2. The van der Waals surface area contributed by atoms with Gasteiger partial charge in [0, 0.05) is 13.0 Å². The Hall–Kier alpha value is -3.64. The normalized spacial score (nSPS) is 11.2. The van der Waals surface area contributed by atoms with Gasteiger partial charge in [-0.3, -0.25) is 4.79 Å². The van der Waals surface area contributed by atoms with E-state index in [9.17, 15) is 31.5 Å². The number of amides is 1. The van der Waals surface area contributed by atoms with Crippen molar-refractivity contribution in [3.05, 3.63) is 48.0 Å². The number of nitrogens with two attached hydrogens (primary N) is 2. The van der Waals surface area contributed by atoms with Gasteiger partial charge < -0.3 is 20.5 Å². The number of carboxylic acids is 1. The Kier molecular flexibility index (Phi) is 11.9. The number of benzene rings is 2. The second-order valence-electron chi connectivity index (χ2n) is 8.11. The minimum atomic E-state index is -4.19. The minimum absolute atomic E-state index is 0.0187. The van der Waals surface area contributed by atoms with Crippen LogP contribution in [0, 0.1) is 0 Å². The highest BCUT2D eigenvalue weighted by Gasteiger charge is 2.23. The molecule has 0 saturated heterocycles. The summed E-state index contributed by atoms with van der Waals surface area (Å²) in [7, 11) is -8.03. The number of ether oxygens (including phenoxy) is 1. The Morgan fingerprint density at radius 1 is 1.00 bits per heavy atom. The summed E-state index contributed by atoms with van der Waals surface area (Å²) in [5.41, 5.74) is 0.0738. The first-order chi connectivity index (χ1) is 18.8. The SMILES string of the molecule is CCCC(=O)Nc1nnc(S(N)(=O)=O)s1.CCCCNc1cc(C(=O)O)cc(S(N)(=O)=O)c1Oc1ccccc1. The molecule has 14 nitrogen and oxygen atoms in total. The number of carbonyl (C=O) groups is 2. The Labute approximate surface area is 235 Å². The Balaban J connectivity index is 0.000000319. The lowest BCUT2D eigenvalue weighted by Gasteiger charge is -2.17. The summed E-state index contributed by atoms with van der Waals surface area (Å²) in [6.45, 7) is 4.40. The number of aromatic nitrogens is 2. The summed E-state index contributed by atoms with van der Waals surface area (Å²) < 4.78 is 51.0. The van der Waals surface area contributed by atoms with Gasteiger partial charge in [-0.25, -0.2) is 31.9 Å². The number of aromatic carboxylic acids is 1. The molecule has 0 radical (unpaired) electrons. The Bertz CT molecular complexity index is 1530. The van der Waals surface area contributed by atoms with E-state index in [-0.39, 0.29) is 37.3 Å². The van der Waals surface area contributed by atoms with Crippen LogP contribution in [0.25, 0.3) is 0 Å². The van der Waals surface area contributed by atoms with Crippen LogP contribution in [0.4, 0.5) is 10.8 Å². The average molecular weight is 615 g/mol. The van der Waals surface area contributed by atoms with E-state index in [1.807, 2.05) is 13.8 Å². The second-order valence-corrected chi connectivity index (χ2v) is 12.4. The van der Waals surface area contributed by atoms with E-state index in [1.54, 1.807) is 30.3 Å². The van der Waals surface area contributed by atoms with Gasteiger partial charge in [0.25, 0.3) is 10.0 Å². The summed E-state index contributed by atoms with van der Waals surface area (Å²) >= 11 is 0.727. The van der Waals surface area contributed by atoms with Crippen molar-refractivity contribution in [3.63, 3.8) is 0 Å². The van der Waals surface area contributed by atoms with Gasteiger partial charge in [0.2, 0.25) is 25.4 Å². The number of primary sulfonamides is 2. The summed E-state index contributed by atoms with van der Waals surface area (Å²) in [4.78, 5) is 22.1. The molecule has 0 saturated carbocycles. The van der Waals surface area contributed by atoms with Crippen molar-refractivity contribution < 1.29 is 36.3 Å². The molecule has 0 aliphatic rings. The Morgan fingerprint density at radius 2 is 1.68 bits per heavy atom. The molecule has 0 fully saturated rings. The van der Waals surface area contributed by atoms with Crippen molar-refractivity contribution in [2.24, 2.45) is 10.3 Å². The number of sulfonamides is 2. The summed E-state index contributed by atoms with van der Waals surface area (Å²) in [6, 6.07) is 10.9. The third-order valence-corrected chi connectivity index (χ3v) is 7.86. The number of nitrogens with one attached hydrogen (secondary N) is 2. The zero-order valence-corrected chi connectivity index (χ0v) is 24.1. The van der Waals surface area contributed by atoms with Crippen molar-refractivity contribution in [2.75, 3.05) is 17.2 Å². The van der Waals surface area contributed by atoms with Crippen LogP contribution in [0.2, 0.25) is 0 Å². The highest BCUT2D eigenvalue weighted by Crippen LogP contribution is 2.37. The van der Waals surface area contributed by atoms with E-state index >= 15 is 0 Å². The summed E-state index contributed by atoms with van der Waals surface area (Å²) in [6.07, 6.45) is 2.80. The molecule has 1 amide bonds. The maximum absolute atomic E-state index is 12.0. The van der Waals surface area contributed by atoms with Crippen LogP contribution >= 0.6 is 11.3 Å². The molecule has 0 unspecified atom stereocenters. The number of nitrogens with zero attached hydrogens (tertiary/aromatic N) is 2. The molecule has 1 heterocycles. The van der Waals surface area contributed by atoms with Crippen LogP contribution in [-0.2, 0) is 24.8 Å². The lowest BCUT2D eigenvalue weighted by molar-refractivity contribution is -0.116. The van der Waals surface area contributed by atoms with Gasteiger partial charge in [-0.1, -0.05) is 49.8 Å². The molecule has 0 bridgehead atoms. The van der Waals surface area contributed by atoms with Crippen LogP contribution < -0.4 is 25.6 Å². The summed E-state index contributed by atoms with van der Waals surface area (Å²) in [5.74, 6) is -1.09. The maximum atomic E-state index is 12.0. The van der Waals surface area contributed by atoms with Crippen LogP contribution in [0.15, 0.2) is 51.7 Å². The van der Waals surface area contributed by atoms with Crippen molar-refractivity contribution in [2.45, 2.75) is 48.8 Å². The fraction of sp³-hybridized carbons (Fsp3) is 0.304. The van der Waals surface area contributed by atoms with Gasteiger partial charge >= 0.3 is 5.97 Å². The van der Waals surface area contributed by atoms with Crippen molar-refractivity contribution >= 4 is 54.1 Å². The molecule has 3 rings (SSSR count). The fourth-order valence-electron chi connectivity index (χ4n) is 2.96. The summed E-state index contributed by atoms with van der Waals surface area (Å²) in [5, 5.41) is 31.8. The van der Waals surface area contributed by atoms with Crippen molar-refractivity contribution in [1.29, 1.82) is 0 Å². The van der Waals surface area contributed by atoms with E-state index in [4.69, 9.17) is 15.0 Å². The molecule has 7 N–H and O–H groups in total. The molecule has 40 heavy (non-hydrogen) atoms. The van der Waals surface area contributed by atoms with E-state index in [2.05, 4.69) is 20.8 Å². The molecular weight excluding hydrogens is 584 g/mol. The molecule has 17 heteroatoms. The number of hydrogen-bond donors (Lipinski definition) is 5. The topological polar surface area (TPSA) is 234 Å². The monoisotopic (exact) mass is 614 g/mol. The van der Waals surface area contributed by atoms with E-state index < -0.39 is 26.0 Å². The van der Waals surface area contributed by atoms with Gasteiger partial charge in [0.05, 0.1) is 11.3 Å². The van der Waals surface area contributed by atoms with Gasteiger partial charge in [0.1, 0.15) is 10.6 Å². The lowest BCUT2D eigenvalue weighted by Crippen LogP contribution is -2.16. The zero-order valence-electron chi connectivity index (χ0n) is 21.7. The molecule has 3 aromatic rings. The minimum Gasteiger partial charge on any atom is -0.478 e. The third-order valence-electron chi connectivity index (χ3n) is 4.79. The predicted molar refractivity (Wildman–Crippen MR) is 150 cm³/mol. The number of carboxylic acid groups (broad SMARTS) is 1. The smallest absolute Gasteiger partial charge is 0.335 e. The molecule has 1 aromatic heterocycles. The number of carbonyl (C=O) groups excluding carboxylic acids is 1. The van der Waals surface area contributed by atoms with Crippen molar-refractivity contribution in [1.82, 2.24) is 10.2 Å².